The van der Waals surface area contributed by atoms with Crippen molar-refractivity contribution >= 4 is 11.9 Å². The van der Waals surface area contributed by atoms with Crippen molar-refractivity contribution < 1.29 is 0 Å². The molecule has 0 spiro atoms. The second kappa shape index (κ2) is 11.1. The maximum absolute atomic E-state index is 5.12. The van der Waals surface area contributed by atoms with E-state index >= 15 is 0 Å². The zero-order chi connectivity index (χ0) is 23.4. The van der Waals surface area contributed by atoms with Gasteiger partial charge in [-0.05, 0) is 117 Å². The number of hydrogen-bond donors (Lipinski definition) is 4. The molecule has 6 unspecified atom stereocenters. The summed E-state index contributed by atoms with van der Waals surface area (Å²) in [5.41, 5.74) is 0. The Balaban J connectivity index is 1.73. The Labute approximate surface area is 197 Å². The number of nitrogens with zero attached hydrogens (tertiary/aromatic N) is 2. The maximum Gasteiger partial charge on any atom is 0.191 e. The van der Waals surface area contributed by atoms with Gasteiger partial charge in [-0.3, -0.25) is 9.98 Å². The van der Waals surface area contributed by atoms with Crippen molar-refractivity contribution in [1.82, 2.24) is 21.3 Å². The molecule has 3 fully saturated rings. The lowest BCUT2D eigenvalue weighted by Crippen LogP contribution is -2.45. The molecular weight excluding hydrogens is 396 g/mol. The van der Waals surface area contributed by atoms with E-state index in [1.807, 2.05) is 0 Å². The molecule has 0 saturated heterocycles. The van der Waals surface area contributed by atoms with Crippen LogP contribution in [0.5, 0.6) is 0 Å². The standard InChI is InChI=1S/C26H50N6/c1-15(2)29-25(30-16(3)4)27-13-21-12-22-19-9-10-20(11-19)24(22)23(21)14-28-26(31-17(5)6)32-18(7)8/h15-24H,9-14H2,1-8H3,(H2,27,29,30)(H2,28,31,32). The first-order chi connectivity index (χ1) is 15.1. The van der Waals surface area contributed by atoms with E-state index in [1.165, 1.54) is 25.7 Å². The molecule has 0 heterocycles. The lowest BCUT2D eigenvalue weighted by atomic mass is 9.77. The summed E-state index contributed by atoms with van der Waals surface area (Å²) < 4.78 is 0. The topological polar surface area (TPSA) is 72.8 Å². The quantitative estimate of drug-likeness (QED) is 0.336. The van der Waals surface area contributed by atoms with Gasteiger partial charge in [0.1, 0.15) is 0 Å². The van der Waals surface area contributed by atoms with Crippen molar-refractivity contribution in [3.05, 3.63) is 0 Å². The molecule has 3 rings (SSSR count). The molecule has 0 radical (unpaired) electrons. The second-order valence-corrected chi connectivity index (χ2v) is 11.8. The van der Waals surface area contributed by atoms with Crippen molar-refractivity contribution in [3.8, 4) is 0 Å². The molecule has 0 amide bonds. The number of hydrogen-bond acceptors (Lipinski definition) is 2. The Hall–Kier alpha value is -1.46. The van der Waals surface area contributed by atoms with Crippen LogP contribution < -0.4 is 21.3 Å². The van der Waals surface area contributed by atoms with Crippen LogP contribution in [0.15, 0.2) is 9.98 Å². The molecule has 184 valence electrons. The van der Waals surface area contributed by atoms with Gasteiger partial charge in [0.05, 0.1) is 0 Å². The molecule has 6 heteroatoms. The van der Waals surface area contributed by atoms with E-state index in [0.29, 0.717) is 30.0 Å². The van der Waals surface area contributed by atoms with Gasteiger partial charge in [-0.25, -0.2) is 0 Å². The molecule has 0 aromatic heterocycles. The van der Waals surface area contributed by atoms with Crippen LogP contribution in [0.25, 0.3) is 0 Å². The molecule has 32 heavy (non-hydrogen) atoms. The monoisotopic (exact) mass is 446 g/mol. The third-order valence-electron chi connectivity index (χ3n) is 7.49. The van der Waals surface area contributed by atoms with Crippen LogP contribution in [-0.2, 0) is 0 Å². The summed E-state index contributed by atoms with van der Waals surface area (Å²) in [6, 6.07) is 1.43. The number of guanidine groups is 2. The Morgan fingerprint density at radius 1 is 0.781 bits per heavy atom. The van der Waals surface area contributed by atoms with Crippen molar-refractivity contribution in [2.75, 3.05) is 13.1 Å². The van der Waals surface area contributed by atoms with Gasteiger partial charge >= 0.3 is 0 Å². The highest BCUT2D eigenvalue weighted by atomic mass is 15.2. The highest BCUT2D eigenvalue weighted by molar-refractivity contribution is 5.80. The van der Waals surface area contributed by atoms with Crippen LogP contribution in [-0.4, -0.2) is 49.2 Å². The van der Waals surface area contributed by atoms with Crippen LogP contribution in [0.2, 0.25) is 0 Å². The Morgan fingerprint density at radius 2 is 1.38 bits per heavy atom. The highest BCUT2D eigenvalue weighted by Crippen LogP contribution is 2.62. The van der Waals surface area contributed by atoms with Crippen molar-refractivity contribution in [2.24, 2.45) is 45.5 Å². The smallest absolute Gasteiger partial charge is 0.191 e. The minimum atomic E-state index is 0.287. The molecular formula is C26H50N6. The second-order valence-electron chi connectivity index (χ2n) is 11.8. The number of nitrogens with one attached hydrogen (secondary N) is 4. The normalized spacial score (nSPS) is 31.6. The molecule has 3 aliphatic rings. The fourth-order valence-electron chi connectivity index (χ4n) is 6.59. The lowest BCUT2D eigenvalue weighted by molar-refractivity contribution is 0.205. The summed E-state index contributed by atoms with van der Waals surface area (Å²) in [6.45, 7) is 19.3. The average Bonchev–Trinajstić information content (AvgIpc) is 3.34. The molecule has 3 aliphatic carbocycles. The molecule has 2 bridgehead atoms. The van der Waals surface area contributed by atoms with Gasteiger partial charge in [-0.1, -0.05) is 0 Å². The number of aliphatic imine (C=N–C) groups is 2. The predicted molar refractivity (Wildman–Crippen MR) is 137 cm³/mol. The minimum Gasteiger partial charge on any atom is -0.356 e. The fourth-order valence-corrected chi connectivity index (χ4v) is 6.59. The Morgan fingerprint density at radius 3 is 1.97 bits per heavy atom. The van der Waals surface area contributed by atoms with Crippen molar-refractivity contribution in [1.29, 1.82) is 0 Å². The first-order valence-electron chi connectivity index (χ1n) is 13.3. The first-order valence-corrected chi connectivity index (χ1v) is 13.3. The molecule has 0 aliphatic heterocycles. The largest absolute Gasteiger partial charge is 0.356 e. The molecule has 6 nitrogen and oxygen atoms in total. The van der Waals surface area contributed by atoms with Gasteiger partial charge in [0.15, 0.2) is 11.9 Å². The molecule has 6 atom stereocenters. The summed E-state index contributed by atoms with van der Waals surface area (Å²) in [6.07, 6.45) is 5.75. The molecule has 3 saturated carbocycles. The van der Waals surface area contributed by atoms with Crippen molar-refractivity contribution in [2.45, 2.75) is 105 Å². The van der Waals surface area contributed by atoms with E-state index in [1.54, 1.807) is 0 Å². The van der Waals surface area contributed by atoms with E-state index in [0.717, 1.165) is 48.7 Å². The van der Waals surface area contributed by atoms with Crippen LogP contribution in [0, 0.1) is 35.5 Å². The predicted octanol–water partition coefficient (Wildman–Crippen LogP) is 3.99. The SMILES string of the molecule is CC(C)N=C(NCC1CC2C3CCC(C3)C2C1CN=C(NC(C)C)NC(C)C)NC(C)C. The third kappa shape index (κ3) is 6.54. The summed E-state index contributed by atoms with van der Waals surface area (Å²) >= 11 is 0. The van der Waals surface area contributed by atoms with E-state index in [9.17, 15) is 0 Å². The van der Waals surface area contributed by atoms with Crippen LogP contribution >= 0.6 is 0 Å². The van der Waals surface area contributed by atoms with E-state index in [2.05, 4.69) is 76.7 Å². The van der Waals surface area contributed by atoms with Gasteiger partial charge in [0.25, 0.3) is 0 Å². The third-order valence-corrected chi connectivity index (χ3v) is 7.49. The molecule has 0 aromatic rings. The van der Waals surface area contributed by atoms with Gasteiger partial charge in [0.2, 0.25) is 0 Å². The zero-order valence-electron chi connectivity index (χ0n) is 21.9. The number of fused-ring (bicyclic) bond motifs is 5. The first kappa shape index (κ1) is 25.2. The van der Waals surface area contributed by atoms with E-state index < -0.39 is 0 Å². The highest BCUT2D eigenvalue weighted by Gasteiger charge is 2.56. The summed E-state index contributed by atoms with van der Waals surface area (Å²) in [4.78, 5) is 9.93. The Bertz CT molecular complexity index is 641. The summed E-state index contributed by atoms with van der Waals surface area (Å²) in [7, 11) is 0. The van der Waals surface area contributed by atoms with Crippen LogP contribution in [0.1, 0.15) is 81.1 Å². The van der Waals surface area contributed by atoms with Gasteiger partial charge in [-0.2, -0.15) is 0 Å². The number of rotatable bonds is 8. The average molecular weight is 447 g/mol. The Kier molecular flexibility index (Phi) is 8.74. The zero-order valence-corrected chi connectivity index (χ0v) is 21.9. The molecule has 4 N–H and O–H groups in total. The van der Waals surface area contributed by atoms with Crippen LogP contribution in [0.4, 0.5) is 0 Å². The van der Waals surface area contributed by atoms with E-state index in [-0.39, 0.29) is 6.04 Å². The van der Waals surface area contributed by atoms with Crippen LogP contribution in [0.3, 0.4) is 0 Å². The van der Waals surface area contributed by atoms with Gasteiger partial charge < -0.3 is 21.3 Å². The van der Waals surface area contributed by atoms with Gasteiger partial charge in [-0.15, -0.1) is 0 Å². The summed E-state index contributed by atoms with van der Waals surface area (Å²) in [5.74, 6) is 6.96. The lowest BCUT2D eigenvalue weighted by Gasteiger charge is -2.30. The maximum atomic E-state index is 5.12. The fraction of sp³-hybridized carbons (Fsp3) is 0.923. The summed E-state index contributed by atoms with van der Waals surface area (Å²) in [5, 5.41) is 14.3. The molecule has 0 aromatic carbocycles. The van der Waals surface area contributed by atoms with Gasteiger partial charge in [0, 0.05) is 37.3 Å². The minimum absolute atomic E-state index is 0.287. The van der Waals surface area contributed by atoms with E-state index in [4.69, 9.17) is 9.98 Å². The van der Waals surface area contributed by atoms with Crippen molar-refractivity contribution in [3.63, 3.8) is 0 Å².